The third-order valence-electron chi connectivity index (χ3n) is 8.39. The van der Waals surface area contributed by atoms with Crippen LogP contribution in [0.2, 0.25) is 0 Å². The van der Waals surface area contributed by atoms with Gasteiger partial charge in [-0.2, -0.15) is 0 Å². The van der Waals surface area contributed by atoms with Crippen molar-refractivity contribution in [3.05, 3.63) is 24.7 Å². The molecule has 0 aromatic rings. The van der Waals surface area contributed by atoms with Crippen LogP contribution < -0.4 is 0 Å². The van der Waals surface area contributed by atoms with Crippen LogP contribution in [0.15, 0.2) is 24.7 Å². The highest BCUT2D eigenvalue weighted by Gasteiger charge is 2.16. The molecule has 0 aromatic carbocycles. The first-order valence-corrected chi connectivity index (χ1v) is 20.6. The van der Waals surface area contributed by atoms with Crippen LogP contribution in [0.5, 0.6) is 0 Å². The van der Waals surface area contributed by atoms with E-state index in [9.17, 15) is 14.4 Å². The van der Waals surface area contributed by atoms with Crippen molar-refractivity contribution in [3.63, 3.8) is 0 Å². The summed E-state index contributed by atoms with van der Waals surface area (Å²) in [6.07, 6.45) is 34.5. The van der Waals surface area contributed by atoms with E-state index >= 15 is 0 Å². The van der Waals surface area contributed by atoms with Gasteiger partial charge in [0, 0.05) is 31.7 Å². The molecule has 0 heterocycles. The van der Waals surface area contributed by atoms with Gasteiger partial charge in [-0.3, -0.25) is 14.4 Å². The fraction of sp³-hybridized carbons (Fsp3) is 0.825. The molecule has 0 radical (unpaired) electrons. The molecular formula is C40H74N2O5S. The zero-order valence-electron chi connectivity index (χ0n) is 31.7. The van der Waals surface area contributed by atoms with Gasteiger partial charge in [-0.15, -0.1) is 0 Å². The number of rotatable bonds is 34. The molecule has 0 spiro atoms. The Labute approximate surface area is 300 Å². The molecule has 1 amide bonds. The van der Waals surface area contributed by atoms with Crippen LogP contribution in [-0.2, 0) is 19.1 Å². The van der Waals surface area contributed by atoms with Gasteiger partial charge in [0.2, 0.25) is 0 Å². The topological polar surface area (TPSA) is 76.1 Å². The molecule has 0 aliphatic carbocycles. The lowest BCUT2D eigenvalue weighted by molar-refractivity contribution is -0.138. The summed E-state index contributed by atoms with van der Waals surface area (Å²) in [6.45, 7) is 6.35. The highest BCUT2D eigenvalue weighted by molar-refractivity contribution is 8.13. The molecular weight excluding hydrogens is 621 g/mol. The van der Waals surface area contributed by atoms with E-state index in [1.54, 1.807) is 4.90 Å². The molecule has 0 unspecified atom stereocenters. The molecule has 0 N–H and O–H groups in total. The first-order valence-electron chi connectivity index (χ1n) is 19.7. The molecule has 7 nitrogen and oxygen atoms in total. The van der Waals surface area contributed by atoms with Gasteiger partial charge in [-0.1, -0.05) is 128 Å². The summed E-state index contributed by atoms with van der Waals surface area (Å²) in [5, 5.41) is -0.00259. The number of unbranched alkanes of at least 4 members (excludes halogenated alkanes) is 18. The van der Waals surface area contributed by atoms with Crippen molar-refractivity contribution in [2.75, 3.05) is 39.5 Å². The van der Waals surface area contributed by atoms with Crippen LogP contribution in [0.1, 0.15) is 174 Å². The molecule has 8 heteroatoms. The van der Waals surface area contributed by atoms with Crippen LogP contribution in [0.3, 0.4) is 0 Å². The van der Waals surface area contributed by atoms with Crippen LogP contribution in [0.4, 0.5) is 4.79 Å². The number of carbonyl (C=O) groups excluding carboxylic acids is 3. The van der Waals surface area contributed by atoms with Crippen molar-refractivity contribution in [2.45, 2.75) is 174 Å². The first-order chi connectivity index (χ1) is 23.4. The maximum absolute atomic E-state index is 13.0. The number of ether oxygens (including phenoxy) is 2. The summed E-state index contributed by atoms with van der Waals surface area (Å²) in [5.74, 6) is 0.190. The lowest BCUT2D eigenvalue weighted by atomic mass is 10.1. The average Bonchev–Trinajstić information content (AvgIpc) is 3.06. The molecule has 0 atom stereocenters. The van der Waals surface area contributed by atoms with E-state index in [1.807, 2.05) is 26.2 Å². The fourth-order valence-corrected chi connectivity index (χ4v) is 6.22. The Kier molecular flexibility index (Phi) is 35.1. The Morgan fingerprint density at radius 2 is 0.917 bits per heavy atom. The maximum atomic E-state index is 13.0. The Bertz CT molecular complexity index is 765. The van der Waals surface area contributed by atoms with E-state index < -0.39 is 0 Å². The lowest BCUT2D eigenvalue weighted by Gasteiger charge is -2.22. The number of hydrogen-bond acceptors (Lipinski definition) is 7. The SMILES string of the molecule is CCCCCCCCCCC/C=C\OC(=O)CCCN(CCCC(=O)O/C=C\CCCCCCCCCCC)C(=O)SCCCN(C)C. The van der Waals surface area contributed by atoms with Crippen LogP contribution in [-0.4, -0.2) is 66.5 Å². The smallest absolute Gasteiger partial charge is 0.310 e. The lowest BCUT2D eigenvalue weighted by Crippen LogP contribution is -2.31. The normalized spacial score (nSPS) is 11.6. The summed E-state index contributed by atoms with van der Waals surface area (Å²) in [7, 11) is 4.05. The Balaban J connectivity index is 4.26. The second-order valence-electron chi connectivity index (χ2n) is 13.4. The summed E-state index contributed by atoms with van der Waals surface area (Å²) < 4.78 is 10.6. The zero-order valence-corrected chi connectivity index (χ0v) is 32.5. The quantitative estimate of drug-likeness (QED) is 0.0377. The predicted molar refractivity (Wildman–Crippen MR) is 205 cm³/mol. The van der Waals surface area contributed by atoms with Gasteiger partial charge in [-0.05, 0) is 77.7 Å². The standard InChI is InChI=1S/C40H74N2O5S/c1-5-7-9-11-13-15-17-19-21-23-25-35-46-38(43)30-27-33-42(40(45)48-37-29-32-41(3)4)34-28-31-39(44)47-36-26-24-22-20-18-16-14-12-10-8-6-2/h25-26,35-36H,5-24,27-34,37H2,1-4H3/b35-25-,36-26-. The average molecular weight is 695 g/mol. The third-order valence-corrected chi connectivity index (χ3v) is 9.39. The summed E-state index contributed by atoms with van der Waals surface area (Å²) in [6, 6.07) is 0. The number of nitrogens with zero attached hydrogens (tertiary/aromatic N) is 2. The van der Waals surface area contributed by atoms with Crippen molar-refractivity contribution in [2.24, 2.45) is 0 Å². The van der Waals surface area contributed by atoms with Crippen molar-refractivity contribution in [1.29, 1.82) is 0 Å². The maximum Gasteiger partial charge on any atom is 0.310 e. The van der Waals surface area contributed by atoms with Crippen LogP contribution in [0, 0.1) is 0 Å². The van der Waals surface area contributed by atoms with Crippen molar-refractivity contribution in [3.8, 4) is 0 Å². The number of thioether (sulfide) groups is 1. The van der Waals surface area contributed by atoms with Crippen molar-refractivity contribution in [1.82, 2.24) is 9.80 Å². The second kappa shape index (κ2) is 36.5. The van der Waals surface area contributed by atoms with E-state index in [1.165, 1.54) is 127 Å². The van der Waals surface area contributed by atoms with Crippen LogP contribution >= 0.6 is 11.8 Å². The molecule has 0 bridgehead atoms. The molecule has 48 heavy (non-hydrogen) atoms. The molecule has 0 aromatic heterocycles. The minimum Gasteiger partial charge on any atom is -0.435 e. The Hall–Kier alpha value is -1.80. The van der Waals surface area contributed by atoms with Gasteiger partial charge in [0.05, 0.1) is 12.5 Å². The van der Waals surface area contributed by atoms with Gasteiger partial charge in [0.15, 0.2) is 0 Å². The largest absolute Gasteiger partial charge is 0.435 e. The molecule has 0 saturated carbocycles. The van der Waals surface area contributed by atoms with E-state index in [0.29, 0.717) is 25.9 Å². The third kappa shape index (κ3) is 34.1. The monoisotopic (exact) mass is 695 g/mol. The molecule has 280 valence electrons. The van der Waals surface area contributed by atoms with Crippen molar-refractivity contribution < 1.29 is 23.9 Å². The predicted octanol–water partition coefficient (Wildman–Crippen LogP) is 11.6. The van der Waals surface area contributed by atoms with Gasteiger partial charge >= 0.3 is 11.9 Å². The van der Waals surface area contributed by atoms with Gasteiger partial charge in [-0.25, -0.2) is 0 Å². The summed E-state index contributed by atoms with van der Waals surface area (Å²) in [5.41, 5.74) is 0. The van der Waals surface area contributed by atoms with Gasteiger partial charge < -0.3 is 19.3 Å². The minimum atomic E-state index is -0.276. The van der Waals surface area contributed by atoms with E-state index in [4.69, 9.17) is 9.47 Å². The van der Waals surface area contributed by atoms with Crippen molar-refractivity contribution >= 4 is 28.9 Å². The highest BCUT2D eigenvalue weighted by atomic mass is 32.2. The fourth-order valence-electron chi connectivity index (χ4n) is 5.40. The van der Waals surface area contributed by atoms with Crippen LogP contribution in [0.25, 0.3) is 0 Å². The minimum absolute atomic E-state index is 0.00259. The molecule has 0 aliphatic rings. The van der Waals surface area contributed by atoms with E-state index in [0.717, 1.165) is 44.4 Å². The number of allylic oxidation sites excluding steroid dienone is 2. The number of amides is 1. The Morgan fingerprint density at radius 1 is 0.521 bits per heavy atom. The van der Waals surface area contributed by atoms with E-state index in [-0.39, 0.29) is 30.0 Å². The highest BCUT2D eigenvalue weighted by Crippen LogP contribution is 2.15. The first kappa shape index (κ1) is 46.2. The molecule has 0 rings (SSSR count). The molecule has 0 aliphatic heterocycles. The second-order valence-corrected chi connectivity index (χ2v) is 14.5. The van der Waals surface area contributed by atoms with E-state index in [2.05, 4.69) is 18.7 Å². The number of carbonyl (C=O) groups is 3. The molecule has 0 fully saturated rings. The summed E-state index contributed by atoms with van der Waals surface area (Å²) >= 11 is 1.31. The van der Waals surface area contributed by atoms with Gasteiger partial charge in [0.25, 0.3) is 5.24 Å². The number of hydrogen-bond donors (Lipinski definition) is 0. The summed E-state index contributed by atoms with van der Waals surface area (Å²) in [4.78, 5) is 41.3. The number of esters is 2. The molecule has 0 saturated heterocycles. The van der Waals surface area contributed by atoms with Gasteiger partial charge in [0.1, 0.15) is 0 Å². The zero-order chi connectivity index (χ0) is 35.3. The Morgan fingerprint density at radius 3 is 1.31 bits per heavy atom.